The molecular weight excluding hydrogens is 411 g/mol. The molecule has 3 heterocycles. The van der Waals surface area contributed by atoms with Gasteiger partial charge in [-0.05, 0) is 38.0 Å². The maximum absolute atomic E-state index is 12.8. The van der Waals surface area contributed by atoms with E-state index in [2.05, 4.69) is 14.6 Å². The second kappa shape index (κ2) is 8.60. The minimum absolute atomic E-state index is 0.165. The first-order valence-corrected chi connectivity index (χ1v) is 10.3. The maximum atomic E-state index is 12.8. The van der Waals surface area contributed by atoms with Crippen LogP contribution >= 0.6 is 0 Å². The van der Waals surface area contributed by atoms with Crippen LogP contribution in [-0.2, 0) is 0 Å². The lowest BCUT2D eigenvalue weighted by atomic mass is 10.1. The quantitative estimate of drug-likeness (QED) is 0.735. The Labute approximate surface area is 178 Å². The zero-order chi connectivity index (χ0) is 22.0. The van der Waals surface area contributed by atoms with E-state index in [9.17, 15) is 18.0 Å². The van der Waals surface area contributed by atoms with Crippen LogP contribution in [0.4, 0.5) is 24.9 Å². The van der Waals surface area contributed by atoms with Crippen LogP contribution in [0.1, 0.15) is 28.9 Å². The van der Waals surface area contributed by atoms with E-state index in [1.807, 2.05) is 17.9 Å². The average molecular weight is 435 g/mol. The van der Waals surface area contributed by atoms with Crippen LogP contribution in [0.15, 0.2) is 30.3 Å². The number of rotatable bonds is 4. The van der Waals surface area contributed by atoms with E-state index in [0.29, 0.717) is 32.1 Å². The van der Waals surface area contributed by atoms with Crippen molar-refractivity contribution in [2.45, 2.75) is 26.1 Å². The van der Waals surface area contributed by atoms with E-state index in [0.717, 1.165) is 43.5 Å². The molecule has 166 valence electrons. The van der Waals surface area contributed by atoms with Crippen LogP contribution in [0, 0.1) is 6.92 Å². The number of nitrogens with zero attached hydrogens (tertiary/aromatic N) is 5. The number of alkyl halides is 3. The Bertz CT molecular complexity index is 939. The first-order valence-electron chi connectivity index (χ1n) is 10.3. The number of halogens is 3. The Balaban J connectivity index is 1.41. The number of carbonyl (C=O) groups excluding carboxylic acids is 1. The number of hydrogen-bond acceptors (Lipinski definition) is 6. The summed E-state index contributed by atoms with van der Waals surface area (Å²) in [5.74, 6) is 0.851. The molecule has 0 aliphatic carbocycles. The summed E-state index contributed by atoms with van der Waals surface area (Å²) in [4.78, 5) is 28.0. The minimum atomic E-state index is -4.80. The second-order valence-corrected chi connectivity index (χ2v) is 7.72. The molecule has 0 saturated carbocycles. The van der Waals surface area contributed by atoms with Crippen LogP contribution in [0.25, 0.3) is 0 Å². The Morgan fingerprint density at radius 2 is 1.68 bits per heavy atom. The maximum Gasteiger partial charge on any atom is 0.573 e. The highest BCUT2D eigenvalue weighted by atomic mass is 19.4. The predicted octanol–water partition coefficient (Wildman–Crippen LogP) is 3.25. The van der Waals surface area contributed by atoms with Crippen molar-refractivity contribution < 1.29 is 22.7 Å². The largest absolute Gasteiger partial charge is 0.573 e. The zero-order valence-corrected chi connectivity index (χ0v) is 17.2. The lowest BCUT2D eigenvalue weighted by Gasteiger charge is -2.35. The van der Waals surface area contributed by atoms with E-state index in [4.69, 9.17) is 4.98 Å². The van der Waals surface area contributed by atoms with Crippen LogP contribution in [0.5, 0.6) is 5.75 Å². The molecule has 1 aromatic heterocycles. The van der Waals surface area contributed by atoms with Crippen LogP contribution < -0.4 is 14.5 Å². The Kier molecular flexibility index (Phi) is 5.88. The molecule has 2 aliphatic rings. The summed E-state index contributed by atoms with van der Waals surface area (Å²) < 4.78 is 41.3. The van der Waals surface area contributed by atoms with Crippen molar-refractivity contribution in [2.24, 2.45) is 0 Å². The normalized spacial score (nSPS) is 17.2. The molecule has 31 heavy (non-hydrogen) atoms. The number of aryl methyl sites for hydroxylation is 1. The molecule has 2 aliphatic heterocycles. The Morgan fingerprint density at radius 3 is 2.35 bits per heavy atom. The van der Waals surface area contributed by atoms with Gasteiger partial charge < -0.3 is 19.4 Å². The van der Waals surface area contributed by atoms with Gasteiger partial charge in [0, 0.05) is 56.6 Å². The van der Waals surface area contributed by atoms with Gasteiger partial charge >= 0.3 is 6.36 Å². The molecule has 1 aromatic carbocycles. The molecule has 7 nitrogen and oxygen atoms in total. The number of anilines is 2. The number of carbonyl (C=O) groups is 1. The predicted molar refractivity (Wildman–Crippen MR) is 109 cm³/mol. The van der Waals surface area contributed by atoms with Crippen molar-refractivity contribution >= 4 is 17.7 Å². The topological polar surface area (TPSA) is 61.8 Å². The summed E-state index contributed by atoms with van der Waals surface area (Å²) in [6.45, 7) is 5.89. The van der Waals surface area contributed by atoms with Crippen molar-refractivity contribution in [3.63, 3.8) is 0 Å². The smallest absolute Gasteiger partial charge is 0.406 e. The summed E-state index contributed by atoms with van der Waals surface area (Å²) in [6.07, 6.45) is -2.47. The lowest BCUT2D eigenvalue weighted by molar-refractivity contribution is -0.274. The standard InChI is InChI=1S/C21H24F3N5O2/c1-15-13-18(27-7-2-3-8-27)26-20(25-15)29-11-9-28(10-12-29)19(30)16-5-4-6-17(14-16)31-21(22,23)24/h4-6,13-14H,2-3,7-12H2,1H3. The van der Waals surface area contributed by atoms with Gasteiger partial charge in [-0.3, -0.25) is 4.79 Å². The zero-order valence-electron chi connectivity index (χ0n) is 17.2. The second-order valence-electron chi connectivity index (χ2n) is 7.72. The van der Waals surface area contributed by atoms with Crippen molar-refractivity contribution in [3.05, 3.63) is 41.6 Å². The minimum Gasteiger partial charge on any atom is -0.406 e. The van der Waals surface area contributed by atoms with Gasteiger partial charge in [0.25, 0.3) is 5.91 Å². The van der Waals surface area contributed by atoms with Crippen molar-refractivity contribution in [2.75, 3.05) is 49.1 Å². The molecule has 1 amide bonds. The number of piperazine rings is 1. The molecule has 0 N–H and O–H groups in total. The van der Waals surface area contributed by atoms with Gasteiger partial charge in [0.2, 0.25) is 5.95 Å². The van der Waals surface area contributed by atoms with E-state index in [1.54, 1.807) is 4.90 Å². The first kappa shape index (κ1) is 21.2. The molecule has 4 rings (SSSR count). The van der Waals surface area contributed by atoms with Gasteiger partial charge in [-0.1, -0.05) is 6.07 Å². The van der Waals surface area contributed by atoms with Crippen molar-refractivity contribution in [3.8, 4) is 5.75 Å². The molecule has 2 saturated heterocycles. The van der Waals surface area contributed by atoms with Gasteiger partial charge in [-0.25, -0.2) is 4.98 Å². The van der Waals surface area contributed by atoms with Crippen LogP contribution in [0.3, 0.4) is 0 Å². The summed E-state index contributed by atoms with van der Waals surface area (Å²) in [6, 6.07) is 7.16. The fourth-order valence-corrected chi connectivity index (χ4v) is 3.90. The average Bonchev–Trinajstić information content (AvgIpc) is 3.27. The summed E-state index contributed by atoms with van der Waals surface area (Å²) in [5.41, 5.74) is 1.06. The number of aromatic nitrogens is 2. The lowest BCUT2D eigenvalue weighted by Crippen LogP contribution is -2.49. The Morgan fingerprint density at radius 1 is 0.968 bits per heavy atom. The third-order valence-corrected chi connectivity index (χ3v) is 5.42. The van der Waals surface area contributed by atoms with E-state index in [-0.39, 0.29) is 11.5 Å². The number of hydrogen-bond donors (Lipinski definition) is 0. The summed E-state index contributed by atoms with van der Waals surface area (Å²) >= 11 is 0. The monoisotopic (exact) mass is 435 g/mol. The third-order valence-electron chi connectivity index (χ3n) is 5.42. The molecule has 2 aromatic rings. The van der Waals surface area contributed by atoms with Gasteiger partial charge in [0.1, 0.15) is 11.6 Å². The molecule has 0 spiro atoms. The molecule has 10 heteroatoms. The van der Waals surface area contributed by atoms with Crippen LogP contribution in [0.2, 0.25) is 0 Å². The fourth-order valence-electron chi connectivity index (χ4n) is 3.90. The van der Waals surface area contributed by atoms with E-state index < -0.39 is 12.1 Å². The van der Waals surface area contributed by atoms with Gasteiger partial charge in [-0.15, -0.1) is 13.2 Å². The van der Waals surface area contributed by atoms with E-state index in [1.165, 1.54) is 18.2 Å². The van der Waals surface area contributed by atoms with Crippen molar-refractivity contribution in [1.82, 2.24) is 14.9 Å². The molecular formula is C21H24F3N5O2. The van der Waals surface area contributed by atoms with Gasteiger partial charge in [0.05, 0.1) is 0 Å². The highest BCUT2D eigenvalue weighted by molar-refractivity contribution is 5.94. The highest BCUT2D eigenvalue weighted by Gasteiger charge is 2.31. The number of amides is 1. The van der Waals surface area contributed by atoms with Crippen LogP contribution in [-0.4, -0.2) is 66.4 Å². The SMILES string of the molecule is Cc1cc(N2CCCC2)nc(N2CCN(C(=O)c3cccc(OC(F)(F)F)c3)CC2)n1. The van der Waals surface area contributed by atoms with Gasteiger partial charge in [0.15, 0.2) is 0 Å². The van der Waals surface area contributed by atoms with E-state index >= 15 is 0 Å². The highest BCUT2D eigenvalue weighted by Crippen LogP contribution is 2.25. The first-order chi connectivity index (χ1) is 14.8. The summed E-state index contributed by atoms with van der Waals surface area (Å²) in [7, 11) is 0. The fraction of sp³-hybridized carbons (Fsp3) is 0.476. The number of ether oxygens (including phenoxy) is 1. The molecule has 0 bridgehead atoms. The molecule has 0 radical (unpaired) electrons. The van der Waals surface area contributed by atoms with Gasteiger partial charge in [-0.2, -0.15) is 4.98 Å². The number of benzene rings is 1. The Hall–Kier alpha value is -3.04. The molecule has 0 unspecified atom stereocenters. The summed E-state index contributed by atoms with van der Waals surface area (Å²) in [5, 5.41) is 0. The molecule has 2 fully saturated rings. The van der Waals surface area contributed by atoms with Crippen molar-refractivity contribution in [1.29, 1.82) is 0 Å². The third kappa shape index (κ3) is 5.18. The molecule has 0 atom stereocenters.